The molecule has 1 aliphatic heterocycles. The summed E-state index contributed by atoms with van der Waals surface area (Å²) < 4.78 is 5.19. The van der Waals surface area contributed by atoms with Gasteiger partial charge in [-0.1, -0.05) is 35.9 Å². The van der Waals surface area contributed by atoms with Crippen LogP contribution in [0.3, 0.4) is 0 Å². The van der Waals surface area contributed by atoms with Gasteiger partial charge in [-0.15, -0.1) is 0 Å². The number of carbonyl (C=O) groups is 1. The molecule has 0 unspecified atom stereocenters. The number of nitrogens with zero attached hydrogens (tertiary/aromatic N) is 3. The van der Waals surface area contributed by atoms with Crippen LogP contribution in [0.15, 0.2) is 53.1 Å². The van der Waals surface area contributed by atoms with Crippen molar-refractivity contribution in [3.8, 4) is 0 Å². The van der Waals surface area contributed by atoms with Crippen LogP contribution >= 0.6 is 11.6 Å². The van der Waals surface area contributed by atoms with Crippen LogP contribution in [-0.4, -0.2) is 33.9 Å². The van der Waals surface area contributed by atoms with Gasteiger partial charge in [-0.3, -0.25) is 9.78 Å². The average Bonchev–Trinajstić information content (AvgIpc) is 3.16. The number of piperidine rings is 1. The van der Waals surface area contributed by atoms with Crippen LogP contribution in [0.1, 0.15) is 52.1 Å². The van der Waals surface area contributed by atoms with Gasteiger partial charge in [0, 0.05) is 48.8 Å². The maximum Gasteiger partial charge on any atom is 0.275 e. The lowest BCUT2D eigenvalue weighted by molar-refractivity contribution is 0.0700. The molecule has 0 saturated carbocycles. The fourth-order valence-electron chi connectivity index (χ4n) is 3.69. The number of halogens is 1. The Morgan fingerprint density at radius 3 is 2.86 bits per heavy atom. The highest BCUT2D eigenvalue weighted by Crippen LogP contribution is 2.27. The molecule has 2 aromatic heterocycles. The van der Waals surface area contributed by atoms with Crippen molar-refractivity contribution in [3.63, 3.8) is 0 Å². The van der Waals surface area contributed by atoms with Crippen LogP contribution < -0.4 is 0 Å². The number of aromatic nitrogens is 2. The van der Waals surface area contributed by atoms with E-state index in [1.54, 1.807) is 6.92 Å². The number of hydrogen-bond acceptors (Lipinski definition) is 4. The molecule has 0 aliphatic carbocycles. The topological polar surface area (TPSA) is 59.2 Å². The van der Waals surface area contributed by atoms with Gasteiger partial charge < -0.3 is 9.32 Å². The van der Waals surface area contributed by atoms with Gasteiger partial charge in [0.25, 0.3) is 5.91 Å². The lowest BCUT2D eigenvalue weighted by Crippen LogP contribution is -2.39. The van der Waals surface area contributed by atoms with E-state index in [9.17, 15) is 4.79 Å². The molecule has 3 heterocycles. The summed E-state index contributed by atoms with van der Waals surface area (Å²) in [6.45, 7) is 3.12. The molecule has 28 heavy (non-hydrogen) atoms. The molecule has 3 aromatic rings. The van der Waals surface area contributed by atoms with E-state index >= 15 is 0 Å². The highest BCUT2D eigenvalue weighted by molar-refractivity contribution is 6.31. The SMILES string of the molecule is Cc1nc(C(=O)N2CCC[C@@H](c3cccc(Cc4ccccc4Cl)n3)C2)co1. The van der Waals surface area contributed by atoms with Crippen molar-refractivity contribution in [1.29, 1.82) is 0 Å². The molecule has 1 aromatic carbocycles. The van der Waals surface area contributed by atoms with Gasteiger partial charge in [0.05, 0.1) is 0 Å². The fraction of sp³-hybridized carbons (Fsp3) is 0.318. The Kier molecular flexibility index (Phi) is 5.44. The Morgan fingerprint density at radius 1 is 1.21 bits per heavy atom. The summed E-state index contributed by atoms with van der Waals surface area (Å²) in [5.74, 6) is 0.650. The van der Waals surface area contributed by atoms with Crippen molar-refractivity contribution < 1.29 is 9.21 Å². The molecule has 0 N–H and O–H groups in total. The zero-order chi connectivity index (χ0) is 19.5. The third-order valence-corrected chi connectivity index (χ3v) is 5.49. The number of likely N-dealkylation sites (tertiary alicyclic amines) is 1. The average molecular weight is 396 g/mol. The van der Waals surface area contributed by atoms with E-state index in [0.717, 1.165) is 41.4 Å². The predicted molar refractivity (Wildman–Crippen MR) is 108 cm³/mol. The summed E-state index contributed by atoms with van der Waals surface area (Å²) in [7, 11) is 0. The second-order valence-corrected chi connectivity index (χ2v) is 7.57. The van der Waals surface area contributed by atoms with E-state index < -0.39 is 0 Å². The second-order valence-electron chi connectivity index (χ2n) is 7.16. The zero-order valence-corrected chi connectivity index (χ0v) is 16.5. The Balaban J connectivity index is 1.49. The number of aryl methyl sites for hydroxylation is 1. The van der Waals surface area contributed by atoms with Crippen molar-refractivity contribution >= 4 is 17.5 Å². The van der Waals surface area contributed by atoms with Crippen LogP contribution in [0.25, 0.3) is 0 Å². The molecular weight excluding hydrogens is 374 g/mol. The number of oxazole rings is 1. The van der Waals surface area contributed by atoms with Crippen LogP contribution in [0.2, 0.25) is 5.02 Å². The quantitative estimate of drug-likeness (QED) is 0.645. The molecule has 6 heteroatoms. The Hall–Kier alpha value is -2.66. The van der Waals surface area contributed by atoms with Crippen LogP contribution in [0.4, 0.5) is 0 Å². The molecule has 0 bridgehead atoms. The van der Waals surface area contributed by atoms with E-state index in [0.29, 0.717) is 24.6 Å². The van der Waals surface area contributed by atoms with Gasteiger partial charge in [-0.2, -0.15) is 0 Å². The maximum atomic E-state index is 12.7. The molecule has 4 rings (SSSR count). The first-order valence-corrected chi connectivity index (χ1v) is 9.88. The number of hydrogen-bond donors (Lipinski definition) is 0. The lowest BCUT2D eigenvalue weighted by Gasteiger charge is -2.32. The van der Waals surface area contributed by atoms with E-state index in [1.807, 2.05) is 41.3 Å². The van der Waals surface area contributed by atoms with Crippen LogP contribution in [0.5, 0.6) is 0 Å². The summed E-state index contributed by atoms with van der Waals surface area (Å²) >= 11 is 6.29. The summed E-state index contributed by atoms with van der Waals surface area (Å²) in [4.78, 5) is 23.6. The van der Waals surface area contributed by atoms with Gasteiger partial charge in [0.2, 0.25) is 0 Å². The minimum Gasteiger partial charge on any atom is -0.448 e. The molecule has 0 spiro atoms. The first kappa shape index (κ1) is 18.7. The van der Waals surface area contributed by atoms with Gasteiger partial charge >= 0.3 is 0 Å². The summed E-state index contributed by atoms with van der Waals surface area (Å²) in [5, 5.41) is 0.757. The van der Waals surface area contributed by atoms with Gasteiger partial charge in [-0.25, -0.2) is 4.98 Å². The highest BCUT2D eigenvalue weighted by atomic mass is 35.5. The fourth-order valence-corrected chi connectivity index (χ4v) is 3.89. The number of rotatable bonds is 4. The van der Waals surface area contributed by atoms with Crippen LogP contribution in [-0.2, 0) is 6.42 Å². The van der Waals surface area contributed by atoms with Crippen molar-refractivity contribution in [2.75, 3.05) is 13.1 Å². The summed E-state index contributed by atoms with van der Waals surface area (Å²) in [5.41, 5.74) is 3.45. The Morgan fingerprint density at radius 2 is 2.07 bits per heavy atom. The molecule has 1 aliphatic rings. The lowest BCUT2D eigenvalue weighted by atomic mass is 9.93. The van der Waals surface area contributed by atoms with E-state index in [4.69, 9.17) is 21.0 Å². The van der Waals surface area contributed by atoms with Crippen molar-refractivity contribution in [3.05, 3.63) is 82.3 Å². The Bertz CT molecular complexity index is 985. The van der Waals surface area contributed by atoms with Gasteiger partial charge in [-0.05, 0) is 36.6 Å². The molecule has 1 fully saturated rings. The zero-order valence-electron chi connectivity index (χ0n) is 15.8. The molecular formula is C22H22ClN3O2. The highest BCUT2D eigenvalue weighted by Gasteiger charge is 2.27. The molecule has 144 valence electrons. The number of pyridine rings is 1. The monoisotopic (exact) mass is 395 g/mol. The van der Waals surface area contributed by atoms with E-state index in [-0.39, 0.29) is 11.8 Å². The molecule has 0 radical (unpaired) electrons. The standard InChI is InChI=1S/C22H22ClN3O2/c1-15-24-21(14-28-15)22(27)26-11-5-7-17(13-26)20-10-4-8-18(25-20)12-16-6-2-3-9-19(16)23/h2-4,6,8-10,14,17H,5,7,11-13H2,1H3/t17-/m1/s1. The molecule has 1 saturated heterocycles. The number of amides is 1. The van der Waals surface area contributed by atoms with E-state index in [1.165, 1.54) is 6.26 Å². The Labute approximate surface area is 169 Å². The minimum atomic E-state index is -0.0752. The third-order valence-electron chi connectivity index (χ3n) is 5.12. The van der Waals surface area contributed by atoms with Crippen LogP contribution in [0, 0.1) is 6.92 Å². The first-order chi connectivity index (χ1) is 13.6. The van der Waals surface area contributed by atoms with Gasteiger partial charge in [0.15, 0.2) is 11.6 Å². The molecule has 1 atom stereocenters. The van der Waals surface area contributed by atoms with Crippen molar-refractivity contribution in [2.45, 2.75) is 32.1 Å². The normalized spacial score (nSPS) is 16.9. The van der Waals surface area contributed by atoms with E-state index in [2.05, 4.69) is 11.1 Å². The molecule has 5 nitrogen and oxygen atoms in total. The first-order valence-electron chi connectivity index (χ1n) is 9.51. The predicted octanol–water partition coefficient (Wildman–Crippen LogP) is 4.64. The van der Waals surface area contributed by atoms with Gasteiger partial charge in [0.1, 0.15) is 6.26 Å². The summed E-state index contributed by atoms with van der Waals surface area (Å²) in [6.07, 6.45) is 4.10. The summed E-state index contributed by atoms with van der Waals surface area (Å²) in [6, 6.07) is 14.0. The molecule has 1 amide bonds. The van der Waals surface area contributed by atoms with Crippen molar-refractivity contribution in [2.24, 2.45) is 0 Å². The smallest absolute Gasteiger partial charge is 0.275 e. The minimum absolute atomic E-state index is 0.0752. The largest absolute Gasteiger partial charge is 0.448 e. The third kappa shape index (κ3) is 4.09. The second kappa shape index (κ2) is 8.15. The number of benzene rings is 1. The van der Waals surface area contributed by atoms with Crippen molar-refractivity contribution in [1.82, 2.24) is 14.9 Å². The number of carbonyl (C=O) groups excluding carboxylic acids is 1. The maximum absolute atomic E-state index is 12.7.